The van der Waals surface area contributed by atoms with Gasteiger partial charge in [0.1, 0.15) is 6.33 Å². The first-order chi connectivity index (χ1) is 11.3. The van der Waals surface area contributed by atoms with Crippen molar-refractivity contribution in [2.75, 3.05) is 26.3 Å². The van der Waals surface area contributed by atoms with Crippen molar-refractivity contribution in [3.05, 3.63) is 45.7 Å². The van der Waals surface area contributed by atoms with Gasteiger partial charge in [0, 0.05) is 43.1 Å². The number of carbonyl (C=O) groups excluding carboxylic acids is 1. The fourth-order valence-corrected chi connectivity index (χ4v) is 4.06. The summed E-state index contributed by atoms with van der Waals surface area (Å²) >= 11 is 1.56. The number of ether oxygens (including phenoxy) is 1. The third-order valence-corrected chi connectivity index (χ3v) is 5.37. The quantitative estimate of drug-likeness (QED) is 0.848. The van der Waals surface area contributed by atoms with Gasteiger partial charge in [-0.25, -0.2) is 9.97 Å². The van der Waals surface area contributed by atoms with Crippen molar-refractivity contribution in [3.8, 4) is 0 Å². The molecule has 0 spiro atoms. The Labute approximate surface area is 139 Å². The van der Waals surface area contributed by atoms with Crippen LogP contribution in [-0.2, 0) is 17.6 Å². The van der Waals surface area contributed by atoms with E-state index in [-0.39, 0.29) is 5.91 Å². The first-order valence-corrected chi connectivity index (χ1v) is 8.99. The van der Waals surface area contributed by atoms with Crippen molar-refractivity contribution in [2.45, 2.75) is 25.2 Å². The molecule has 23 heavy (non-hydrogen) atoms. The highest BCUT2D eigenvalue weighted by Gasteiger charge is 2.27. The zero-order chi connectivity index (χ0) is 15.6. The summed E-state index contributed by atoms with van der Waals surface area (Å²) in [5.74, 6) is 0.503. The summed E-state index contributed by atoms with van der Waals surface area (Å²) in [5.41, 5.74) is 4.26. The minimum absolute atomic E-state index is 0.123. The van der Waals surface area contributed by atoms with Gasteiger partial charge in [0.25, 0.3) is 5.91 Å². The molecule has 4 rings (SSSR count). The zero-order valence-corrected chi connectivity index (χ0v) is 13.7. The number of rotatable bonds is 2. The summed E-state index contributed by atoms with van der Waals surface area (Å²) in [5, 5.41) is 3.87. The van der Waals surface area contributed by atoms with Gasteiger partial charge in [-0.15, -0.1) is 0 Å². The minimum Gasteiger partial charge on any atom is -0.381 e. The van der Waals surface area contributed by atoms with Gasteiger partial charge in [0.2, 0.25) is 0 Å². The van der Waals surface area contributed by atoms with E-state index < -0.39 is 0 Å². The number of fused-ring (bicyclic) bond motifs is 1. The molecule has 1 saturated heterocycles. The Bertz CT molecular complexity index is 696. The SMILES string of the molecule is O=C(c1ccsc1)N1CCc2ncnc(C3CCOC3)c2CC1. The average Bonchev–Trinajstić information content (AvgIpc) is 3.24. The monoisotopic (exact) mass is 329 g/mol. The molecular weight excluding hydrogens is 310 g/mol. The van der Waals surface area contributed by atoms with E-state index in [2.05, 4.69) is 9.97 Å². The second-order valence-corrected chi connectivity index (χ2v) is 6.83. The first kappa shape index (κ1) is 14.8. The minimum atomic E-state index is 0.123. The Morgan fingerprint density at radius 2 is 2.22 bits per heavy atom. The Morgan fingerprint density at radius 3 is 3.00 bits per heavy atom. The van der Waals surface area contributed by atoms with Gasteiger partial charge >= 0.3 is 0 Å². The third kappa shape index (κ3) is 2.88. The van der Waals surface area contributed by atoms with Gasteiger partial charge in [-0.1, -0.05) is 0 Å². The molecule has 120 valence electrons. The molecule has 0 N–H and O–H groups in total. The summed E-state index contributed by atoms with van der Waals surface area (Å²) in [7, 11) is 0. The van der Waals surface area contributed by atoms with Crippen LogP contribution in [0.25, 0.3) is 0 Å². The van der Waals surface area contributed by atoms with Crippen LogP contribution >= 0.6 is 11.3 Å². The molecule has 4 heterocycles. The van der Waals surface area contributed by atoms with Crippen LogP contribution in [0.4, 0.5) is 0 Å². The fourth-order valence-electron chi connectivity index (χ4n) is 3.43. The molecule has 6 heteroatoms. The first-order valence-electron chi connectivity index (χ1n) is 8.05. The van der Waals surface area contributed by atoms with Crippen molar-refractivity contribution in [1.29, 1.82) is 0 Å². The Kier molecular flexibility index (Phi) is 4.10. The van der Waals surface area contributed by atoms with E-state index in [0.29, 0.717) is 5.92 Å². The third-order valence-electron chi connectivity index (χ3n) is 4.69. The maximum Gasteiger partial charge on any atom is 0.254 e. The van der Waals surface area contributed by atoms with Crippen LogP contribution in [0.3, 0.4) is 0 Å². The molecule has 1 unspecified atom stereocenters. The van der Waals surface area contributed by atoms with Crippen LogP contribution in [0.15, 0.2) is 23.2 Å². The van der Waals surface area contributed by atoms with Crippen LogP contribution in [0.5, 0.6) is 0 Å². The predicted octanol–water partition coefficient (Wildman–Crippen LogP) is 2.28. The topological polar surface area (TPSA) is 55.3 Å². The molecule has 1 atom stereocenters. The molecule has 2 aromatic heterocycles. The molecular formula is C17H19N3O2S. The number of hydrogen-bond acceptors (Lipinski definition) is 5. The number of amides is 1. The second kappa shape index (κ2) is 6.37. The fraction of sp³-hybridized carbons (Fsp3) is 0.471. The van der Waals surface area contributed by atoms with Crippen LogP contribution in [0.2, 0.25) is 0 Å². The molecule has 2 aromatic rings. The summed E-state index contributed by atoms with van der Waals surface area (Å²) in [4.78, 5) is 23.5. The van der Waals surface area contributed by atoms with Crippen molar-refractivity contribution in [1.82, 2.24) is 14.9 Å². The van der Waals surface area contributed by atoms with Crippen molar-refractivity contribution >= 4 is 17.2 Å². The van der Waals surface area contributed by atoms with Crippen LogP contribution in [-0.4, -0.2) is 47.1 Å². The van der Waals surface area contributed by atoms with Crippen LogP contribution in [0.1, 0.15) is 39.6 Å². The molecule has 2 aliphatic heterocycles. The molecule has 0 aromatic carbocycles. The highest BCUT2D eigenvalue weighted by atomic mass is 32.1. The molecule has 0 aliphatic carbocycles. The summed E-state index contributed by atoms with van der Waals surface area (Å²) in [6, 6.07) is 1.89. The lowest BCUT2D eigenvalue weighted by molar-refractivity contribution is 0.0763. The molecule has 5 nitrogen and oxygen atoms in total. The summed E-state index contributed by atoms with van der Waals surface area (Å²) in [6.07, 6.45) is 4.33. The molecule has 2 aliphatic rings. The molecule has 0 saturated carbocycles. The lowest BCUT2D eigenvalue weighted by atomic mass is 9.96. The largest absolute Gasteiger partial charge is 0.381 e. The maximum atomic E-state index is 12.6. The van der Waals surface area contributed by atoms with Crippen LogP contribution < -0.4 is 0 Å². The summed E-state index contributed by atoms with van der Waals surface area (Å²) in [6.45, 7) is 3.02. The van der Waals surface area contributed by atoms with Gasteiger partial charge in [-0.3, -0.25) is 4.79 Å². The molecule has 0 radical (unpaired) electrons. The number of aromatic nitrogens is 2. The van der Waals surface area contributed by atoms with E-state index in [1.807, 2.05) is 21.7 Å². The van der Waals surface area contributed by atoms with Gasteiger partial charge in [0.05, 0.1) is 17.9 Å². The highest BCUT2D eigenvalue weighted by molar-refractivity contribution is 7.08. The van der Waals surface area contributed by atoms with Crippen LogP contribution in [0, 0.1) is 0 Å². The average molecular weight is 329 g/mol. The lowest BCUT2D eigenvalue weighted by Gasteiger charge is -2.19. The van der Waals surface area contributed by atoms with Crippen molar-refractivity contribution in [3.63, 3.8) is 0 Å². The van der Waals surface area contributed by atoms with Gasteiger partial charge < -0.3 is 9.64 Å². The normalized spacial score (nSPS) is 21.0. The summed E-state index contributed by atoms with van der Waals surface area (Å²) < 4.78 is 5.52. The number of hydrogen-bond donors (Lipinski definition) is 0. The van der Waals surface area contributed by atoms with Crippen molar-refractivity contribution < 1.29 is 9.53 Å². The second-order valence-electron chi connectivity index (χ2n) is 6.05. The smallest absolute Gasteiger partial charge is 0.254 e. The predicted molar refractivity (Wildman–Crippen MR) is 87.8 cm³/mol. The van der Waals surface area contributed by atoms with E-state index >= 15 is 0 Å². The lowest BCUT2D eigenvalue weighted by Crippen LogP contribution is -2.33. The van der Waals surface area contributed by atoms with E-state index in [9.17, 15) is 4.79 Å². The Balaban J connectivity index is 1.56. The number of thiophene rings is 1. The van der Waals surface area contributed by atoms with Gasteiger partial charge in [0.15, 0.2) is 0 Å². The van der Waals surface area contributed by atoms with Crippen molar-refractivity contribution in [2.24, 2.45) is 0 Å². The van der Waals surface area contributed by atoms with Gasteiger partial charge in [-0.2, -0.15) is 11.3 Å². The van der Waals surface area contributed by atoms with E-state index in [1.54, 1.807) is 17.7 Å². The highest BCUT2D eigenvalue weighted by Crippen LogP contribution is 2.29. The molecule has 0 bridgehead atoms. The maximum absolute atomic E-state index is 12.6. The molecule has 1 amide bonds. The van der Waals surface area contributed by atoms with Gasteiger partial charge in [-0.05, 0) is 29.9 Å². The number of nitrogens with zero attached hydrogens (tertiary/aromatic N) is 3. The van der Waals surface area contributed by atoms with E-state index in [4.69, 9.17) is 4.74 Å². The Morgan fingerprint density at radius 1 is 1.30 bits per heavy atom. The van der Waals surface area contributed by atoms with E-state index in [0.717, 1.165) is 62.5 Å². The number of carbonyl (C=O) groups is 1. The Hall–Kier alpha value is -1.79. The molecule has 1 fully saturated rings. The zero-order valence-electron chi connectivity index (χ0n) is 12.9. The van der Waals surface area contributed by atoms with E-state index in [1.165, 1.54) is 5.56 Å². The standard InChI is InChI=1S/C17H19N3O2S/c21-17(13-4-8-23-10-13)20-5-1-14-15(2-6-20)18-11-19-16(14)12-3-7-22-9-12/h4,8,10-12H,1-3,5-7,9H2.